The monoisotopic (exact) mass is 297 g/mol. The quantitative estimate of drug-likeness (QED) is 0.478. The Morgan fingerprint density at radius 1 is 1.29 bits per heavy atom. The Bertz CT molecular complexity index is 94.9. The first kappa shape index (κ1) is 10.6. The number of hydrogen-bond donors (Lipinski definition) is 2. The van der Waals surface area contributed by atoms with E-state index in [4.69, 9.17) is 17.5 Å². The number of hydrogen-bond acceptors (Lipinski definition) is 2. The minimum absolute atomic E-state index is 0.194. The molecule has 0 radical (unpaired) electrons. The summed E-state index contributed by atoms with van der Waals surface area (Å²) in [5, 5.41) is 0. The van der Waals surface area contributed by atoms with Crippen molar-refractivity contribution in [2.45, 2.75) is 0 Å². The summed E-state index contributed by atoms with van der Waals surface area (Å²) in [5.74, 6) is 0. The first-order valence-electron chi connectivity index (χ1n) is 0.887. The van der Waals surface area contributed by atoms with Gasteiger partial charge in [0.15, 0.2) is 0 Å². The Hall–Kier alpha value is 0.670. The van der Waals surface area contributed by atoms with Gasteiger partial charge in [-0.3, -0.25) is 9.11 Å². The first-order valence-corrected chi connectivity index (χ1v) is 3.64. The van der Waals surface area contributed by atoms with E-state index in [1.165, 1.54) is 0 Å². The van der Waals surface area contributed by atoms with Crippen molar-refractivity contribution in [3.8, 4) is 0 Å². The van der Waals surface area contributed by atoms with Gasteiger partial charge >= 0.3 is 38.0 Å². The van der Waals surface area contributed by atoms with Crippen LogP contribution in [0.1, 0.15) is 0 Å². The Labute approximate surface area is 55.7 Å². The molecule has 0 aliphatic carbocycles. The molecule has 0 aliphatic rings. The maximum absolute atomic E-state index is 9.64. The van der Waals surface area contributed by atoms with Crippen LogP contribution in [-0.2, 0) is 35.4 Å². The Morgan fingerprint density at radius 3 is 1.29 bits per heavy atom. The van der Waals surface area contributed by atoms with E-state index in [1.807, 2.05) is 0 Å². The SMILES string of the molecule is O=S(=O)(O)O.[F][Hf]. The second-order valence-electron chi connectivity index (χ2n) is 0.448. The average molecular weight is 296 g/mol. The molecule has 0 unspecified atom stereocenters. The van der Waals surface area contributed by atoms with Crippen LogP contribution < -0.4 is 0 Å². The van der Waals surface area contributed by atoms with E-state index in [9.17, 15) is 2.66 Å². The van der Waals surface area contributed by atoms with E-state index in [0.717, 1.165) is 0 Å². The summed E-state index contributed by atoms with van der Waals surface area (Å²) >= 11 is -0.194. The summed E-state index contributed by atoms with van der Waals surface area (Å²) in [6.45, 7) is 0. The van der Waals surface area contributed by atoms with Crippen LogP contribution in [-0.4, -0.2) is 17.5 Å². The molecule has 0 aromatic carbocycles. The molecule has 0 spiro atoms. The third kappa shape index (κ3) is 324. The van der Waals surface area contributed by atoms with Crippen molar-refractivity contribution in [1.82, 2.24) is 0 Å². The second kappa shape index (κ2) is 4.82. The van der Waals surface area contributed by atoms with Gasteiger partial charge in [0.05, 0.1) is 0 Å². The third-order valence-electron chi connectivity index (χ3n) is 0. The van der Waals surface area contributed by atoms with Gasteiger partial charge in [0.1, 0.15) is 0 Å². The van der Waals surface area contributed by atoms with E-state index >= 15 is 0 Å². The molecule has 0 saturated heterocycles. The van der Waals surface area contributed by atoms with Crippen LogP contribution in [0.25, 0.3) is 0 Å². The fraction of sp³-hybridized carbons (Fsp3) is 0. The molecule has 0 aromatic heterocycles. The van der Waals surface area contributed by atoms with Gasteiger partial charge in [-0.05, 0) is 0 Å². The fourth-order valence-corrected chi connectivity index (χ4v) is 0. The molecule has 0 aliphatic heterocycles. The summed E-state index contributed by atoms with van der Waals surface area (Å²) in [4.78, 5) is 0. The van der Waals surface area contributed by atoms with Crippen molar-refractivity contribution in [1.29, 1.82) is 0 Å². The maximum atomic E-state index is 9.64. The van der Waals surface area contributed by atoms with Gasteiger partial charge in [0.2, 0.25) is 0 Å². The van der Waals surface area contributed by atoms with E-state index in [2.05, 4.69) is 0 Å². The summed E-state index contributed by atoms with van der Waals surface area (Å²) in [7, 11) is -4.67. The van der Waals surface area contributed by atoms with Crippen LogP contribution in [0.5, 0.6) is 0 Å². The van der Waals surface area contributed by atoms with Gasteiger partial charge in [-0.2, -0.15) is 8.42 Å². The first-order chi connectivity index (χ1) is 3.00. The van der Waals surface area contributed by atoms with Crippen LogP contribution in [0.4, 0.5) is 2.66 Å². The van der Waals surface area contributed by atoms with E-state index < -0.39 is 10.4 Å². The third-order valence-corrected chi connectivity index (χ3v) is 0. The zero-order valence-corrected chi connectivity index (χ0v) is 7.41. The normalized spacial score (nSPS) is 8.86. The topological polar surface area (TPSA) is 74.6 Å². The summed E-state index contributed by atoms with van der Waals surface area (Å²) in [6, 6.07) is 0. The molecule has 0 bridgehead atoms. The molecular formula is H2FHfO4S. The van der Waals surface area contributed by atoms with E-state index in [1.54, 1.807) is 0 Å². The average Bonchev–Trinajstić information content (AvgIpc) is 1.36. The van der Waals surface area contributed by atoms with Crippen molar-refractivity contribution in [3.63, 3.8) is 0 Å². The molecule has 43 valence electrons. The predicted octanol–water partition coefficient (Wildman–Crippen LogP) is -0.235. The van der Waals surface area contributed by atoms with Crippen LogP contribution in [0.3, 0.4) is 0 Å². The minimum atomic E-state index is -4.67. The van der Waals surface area contributed by atoms with Crippen molar-refractivity contribution in [3.05, 3.63) is 0 Å². The van der Waals surface area contributed by atoms with E-state index in [0.29, 0.717) is 0 Å². The molecule has 2 N–H and O–H groups in total. The van der Waals surface area contributed by atoms with Crippen LogP contribution in [0, 0.1) is 0 Å². The van der Waals surface area contributed by atoms with Gasteiger partial charge in [-0.15, -0.1) is 0 Å². The molecule has 0 saturated carbocycles. The summed E-state index contributed by atoms with van der Waals surface area (Å²) in [6.07, 6.45) is 0. The molecular weight excluding hydrogens is 294 g/mol. The Balaban J connectivity index is 0. The van der Waals surface area contributed by atoms with E-state index in [-0.39, 0.29) is 25.0 Å². The second-order valence-corrected chi connectivity index (χ2v) is 1.34. The van der Waals surface area contributed by atoms with Gasteiger partial charge < -0.3 is 0 Å². The molecule has 7 heteroatoms. The number of rotatable bonds is 0. The molecule has 0 amide bonds. The van der Waals surface area contributed by atoms with Crippen molar-refractivity contribution < 1.29 is 45.2 Å². The van der Waals surface area contributed by atoms with Crippen LogP contribution in [0.2, 0.25) is 0 Å². The molecule has 7 heavy (non-hydrogen) atoms. The standard InChI is InChI=1S/FH.Hf.H2O4S/c;;1-5(2,3)4/h1H;;(H2,1,2,3,4)/q;+1;/p-1. The Kier molecular flexibility index (Phi) is 7.31. The predicted molar refractivity (Wildman–Crippen MR) is 15.3 cm³/mol. The van der Waals surface area contributed by atoms with Gasteiger partial charge in [-0.1, -0.05) is 0 Å². The summed E-state index contributed by atoms with van der Waals surface area (Å²) in [5.41, 5.74) is 0. The summed E-state index contributed by atoms with van der Waals surface area (Å²) < 4.78 is 41.2. The molecule has 0 heterocycles. The van der Waals surface area contributed by atoms with Crippen molar-refractivity contribution in [2.24, 2.45) is 0 Å². The van der Waals surface area contributed by atoms with Crippen LogP contribution in [0.15, 0.2) is 0 Å². The van der Waals surface area contributed by atoms with Gasteiger partial charge in [0, 0.05) is 0 Å². The van der Waals surface area contributed by atoms with Crippen molar-refractivity contribution >= 4 is 10.4 Å². The molecule has 4 nitrogen and oxygen atoms in total. The zero-order chi connectivity index (χ0) is 6.50. The molecule has 0 rings (SSSR count). The zero-order valence-electron chi connectivity index (χ0n) is 3.00. The number of halogens is 1. The fourth-order valence-electron chi connectivity index (χ4n) is 0. The van der Waals surface area contributed by atoms with Gasteiger partial charge in [0.25, 0.3) is 0 Å². The van der Waals surface area contributed by atoms with Crippen LogP contribution >= 0.6 is 0 Å². The molecule has 0 fully saturated rings. The Morgan fingerprint density at radius 2 is 1.29 bits per heavy atom. The molecule has 0 atom stereocenters. The van der Waals surface area contributed by atoms with Crippen molar-refractivity contribution in [2.75, 3.05) is 0 Å². The molecule has 0 aromatic rings. The van der Waals surface area contributed by atoms with Gasteiger partial charge in [-0.25, -0.2) is 0 Å².